The van der Waals surface area contributed by atoms with Gasteiger partial charge in [0.15, 0.2) is 0 Å². The number of halogens is 2. The Balaban J connectivity index is 2.37. The smallest absolute Gasteiger partial charge is 0.338 e. The SMILES string of the molecule is CC1CCC(NS(=O)(=O)c2ccc(Cl)c(C(=O)O)c2Cl)C1. The van der Waals surface area contributed by atoms with Gasteiger partial charge in [0.2, 0.25) is 10.0 Å². The highest BCUT2D eigenvalue weighted by atomic mass is 35.5. The lowest BCUT2D eigenvalue weighted by molar-refractivity contribution is 0.0697. The van der Waals surface area contributed by atoms with Crippen molar-refractivity contribution in [2.45, 2.75) is 37.1 Å². The van der Waals surface area contributed by atoms with Crippen LogP contribution in [-0.4, -0.2) is 25.5 Å². The lowest BCUT2D eigenvalue weighted by atomic mass is 10.1. The van der Waals surface area contributed by atoms with Gasteiger partial charge in [0.05, 0.1) is 15.6 Å². The summed E-state index contributed by atoms with van der Waals surface area (Å²) in [5, 5.41) is 8.61. The Kier molecular flexibility index (Phi) is 4.82. The monoisotopic (exact) mass is 351 g/mol. The van der Waals surface area contributed by atoms with Crippen LogP contribution in [0.5, 0.6) is 0 Å². The third-order valence-electron chi connectivity index (χ3n) is 3.58. The molecule has 0 bridgehead atoms. The van der Waals surface area contributed by atoms with Gasteiger partial charge < -0.3 is 5.11 Å². The molecule has 0 heterocycles. The van der Waals surface area contributed by atoms with Gasteiger partial charge in [-0.05, 0) is 37.3 Å². The summed E-state index contributed by atoms with van der Waals surface area (Å²) < 4.78 is 27.3. The average Bonchev–Trinajstić information content (AvgIpc) is 2.72. The molecule has 0 saturated heterocycles. The molecule has 2 unspecified atom stereocenters. The summed E-state index contributed by atoms with van der Waals surface area (Å²) in [4.78, 5) is 10.9. The average molecular weight is 352 g/mol. The number of benzene rings is 1. The molecule has 1 saturated carbocycles. The fraction of sp³-hybridized carbons (Fsp3) is 0.462. The molecule has 0 amide bonds. The highest BCUT2D eigenvalue weighted by Gasteiger charge is 2.29. The quantitative estimate of drug-likeness (QED) is 0.872. The molecule has 2 rings (SSSR count). The zero-order valence-corrected chi connectivity index (χ0v) is 13.6. The highest BCUT2D eigenvalue weighted by Crippen LogP contribution is 2.32. The van der Waals surface area contributed by atoms with Gasteiger partial charge in [0.25, 0.3) is 0 Å². The van der Waals surface area contributed by atoms with Gasteiger partial charge in [-0.2, -0.15) is 0 Å². The molecule has 2 atom stereocenters. The summed E-state index contributed by atoms with van der Waals surface area (Å²) in [7, 11) is -3.87. The van der Waals surface area contributed by atoms with Crippen LogP contribution in [0, 0.1) is 5.92 Å². The second-order valence-electron chi connectivity index (χ2n) is 5.28. The van der Waals surface area contributed by atoms with E-state index in [4.69, 9.17) is 28.3 Å². The van der Waals surface area contributed by atoms with Gasteiger partial charge >= 0.3 is 5.97 Å². The van der Waals surface area contributed by atoms with E-state index in [1.165, 1.54) is 12.1 Å². The summed E-state index contributed by atoms with van der Waals surface area (Å²) in [6.45, 7) is 2.06. The molecule has 5 nitrogen and oxygen atoms in total. The van der Waals surface area contributed by atoms with E-state index in [0.29, 0.717) is 5.92 Å². The van der Waals surface area contributed by atoms with E-state index in [2.05, 4.69) is 11.6 Å². The van der Waals surface area contributed by atoms with Crippen LogP contribution in [0.2, 0.25) is 10.0 Å². The van der Waals surface area contributed by atoms with Crippen molar-refractivity contribution in [3.05, 3.63) is 27.7 Å². The number of sulfonamides is 1. The number of nitrogens with one attached hydrogen (secondary N) is 1. The molecule has 1 aromatic rings. The summed E-state index contributed by atoms with van der Waals surface area (Å²) in [5.41, 5.74) is -0.402. The molecule has 21 heavy (non-hydrogen) atoms. The van der Waals surface area contributed by atoms with Gasteiger partial charge in [0.1, 0.15) is 4.90 Å². The Hall–Kier alpha value is -0.820. The summed E-state index contributed by atoms with van der Waals surface area (Å²) in [5.74, 6) is -0.899. The molecule has 1 aromatic carbocycles. The first-order valence-corrected chi connectivity index (χ1v) is 8.70. The van der Waals surface area contributed by atoms with Crippen LogP contribution >= 0.6 is 23.2 Å². The zero-order chi connectivity index (χ0) is 15.8. The van der Waals surface area contributed by atoms with Crippen molar-refractivity contribution in [2.24, 2.45) is 5.92 Å². The second-order valence-corrected chi connectivity index (χ2v) is 7.74. The summed E-state index contributed by atoms with van der Waals surface area (Å²) >= 11 is 11.7. The molecule has 0 radical (unpaired) electrons. The van der Waals surface area contributed by atoms with E-state index in [-0.39, 0.29) is 21.0 Å². The number of rotatable bonds is 4. The minimum atomic E-state index is -3.87. The largest absolute Gasteiger partial charge is 0.478 e. The second kappa shape index (κ2) is 6.12. The van der Waals surface area contributed by atoms with Crippen LogP contribution in [0.15, 0.2) is 17.0 Å². The Morgan fingerprint density at radius 3 is 2.52 bits per heavy atom. The minimum Gasteiger partial charge on any atom is -0.478 e. The van der Waals surface area contributed by atoms with Crippen molar-refractivity contribution in [1.29, 1.82) is 0 Å². The van der Waals surface area contributed by atoms with Crippen LogP contribution in [0.3, 0.4) is 0 Å². The Morgan fingerprint density at radius 2 is 2.00 bits per heavy atom. The predicted octanol–water partition coefficient (Wildman–Crippen LogP) is 3.16. The molecule has 116 valence electrons. The van der Waals surface area contributed by atoms with Gasteiger partial charge in [0, 0.05) is 6.04 Å². The third-order valence-corrected chi connectivity index (χ3v) is 5.96. The Morgan fingerprint density at radius 1 is 1.33 bits per heavy atom. The molecular formula is C13H15Cl2NO4S. The van der Waals surface area contributed by atoms with Crippen molar-refractivity contribution in [3.8, 4) is 0 Å². The van der Waals surface area contributed by atoms with Gasteiger partial charge in [-0.1, -0.05) is 30.1 Å². The van der Waals surface area contributed by atoms with Crippen LogP contribution in [0.1, 0.15) is 36.5 Å². The van der Waals surface area contributed by atoms with Crippen molar-refractivity contribution < 1.29 is 18.3 Å². The normalized spacial score (nSPS) is 22.4. The van der Waals surface area contributed by atoms with Gasteiger partial charge in [-0.15, -0.1) is 0 Å². The maximum Gasteiger partial charge on any atom is 0.338 e. The molecular weight excluding hydrogens is 337 g/mol. The first-order valence-electron chi connectivity index (χ1n) is 6.46. The lowest BCUT2D eigenvalue weighted by Crippen LogP contribution is -2.33. The van der Waals surface area contributed by atoms with E-state index >= 15 is 0 Å². The van der Waals surface area contributed by atoms with Crippen molar-refractivity contribution in [3.63, 3.8) is 0 Å². The van der Waals surface area contributed by atoms with Crippen LogP contribution in [0.4, 0.5) is 0 Å². The van der Waals surface area contributed by atoms with E-state index in [1.807, 2.05) is 0 Å². The number of carbonyl (C=O) groups is 1. The van der Waals surface area contributed by atoms with Crippen molar-refractivity contribution >= 4 is 39.2 Å². The Bertz CT molecular complexity index is 675. The topological polar surface area (TPSA) is 83.5 Å². The van der Waals surface area contributed by atoms with Crippen LogP contribution in [0.25, 0.3) is 0 Å². The minimum absolute atomic E-state index is 0.0964. The molecule has 2 N–H and O–H groups in total. The number of aromatic carboxylic acids is 1. The fourth-order valence-electron chi connectivity index (χ4n) is 2.53. The lowest BCUT2D eigenvalue weighted by Gasteiger charge is -2.15. The maximum atomic E-state index is 12.4. The van der Waals surface area contributed by atoms with E-state index in [1.54, 1.807) is 0 Å². The maximum absolute atomic E-state index is 12.4. The van der Waals surface area contributed by atoms with Crippen molar-refractivity contribution in [2.75, 3.05) is 0 Å². The highest BCUT2D eigenvalue weighted by molar-refractivity contribution is 7.89. The third kappa shape index (κ3) is 3.51. The zero-order valence-electron chi connectivity index (χ0n) is 11.3. The summed E-state index contributed by atoms with van der Waals surface area (Å²) in [6, 6.07) is 2.30. The number of carboxylic acids is 1. The first-order chi connectivity index (χ1) is 9.72. The number of hydrogen-bond donors (Lipinski definition) is 2. The predicted molar refractivity (Wildman–Crippen MR) is 80.5 cm³/mol. The van der Waals surface area contributed by atoms with Gasteiger partial charge in [-0.25, -0.2) is 17.9 Å². The summed E-state index contributed by atoms with van der Waals surface area (Å²) in [6.07, 6.45) is 2.48. The van der Waals surface area contributed by atoms with Crippen LogP contribution in [-0.2, 0) is 10.0 Å². The van der Waals surface area contributed by atoms with E-state index in [0.717, 1.165) is 19.3 Å². The first kappa shape index (κ1) is 16.5. The molecule has 0 aliphatic heterocycles. The van der Waals surface area contributed by atoms with Crippen molar-refractivity contribution in [1.82, 2.24) is 4.72 Å². The number of hydrogen-bond acceptors (Lipinski definition) is 3. The molecule has 1 aliphatic carbocycles. The van der Waals surface area contributed by atoms with Crippen LogP contribution < -0.4 is 4.72 Å². The molecule has 0 aromatic heterocycles. The molecule has 1 fully saturated rings. The Labute approximate surface area is 133 Å². The molecule has 8 heteroatoms. The molecule has 0 spiro atoms. The molecule has 1 aliphatic rings. The van der Waals surface area contributed by atoms with Gasteiger partial charge in [-0.3, -0.25) is 0 Å². The van der Waals surface area contributed by atoms with E-state index < -0.39 is 21.6 Å². The standard InChI is InChI=1S/C13H15Cl2NO4S/c1-7-2-3-8(6-7)16-21(19,20)10-5-4-9(14)11(12(10)15)13(17)18/h4-5,7-8,16H,2-3,6H2,1H3,(H,17,18). The van der Waals surface area contributed by atoms with E-state index in [9.17, 15) is 13.2 Å². The fourth-order valence-corrected chi connectivity index (χ4v) is 4.74. The number of carboxylic acid groups (broad SMARTS) is 1.